The van der Waals surface area contributed by atoms with E-state index in [1.165, 1.54) is 41.3 Å². The van der Waals surface area contributed by atoms with E-state index in [0.717, 1.165) is 35.2 Å². The van der Waals surface area contributed by atoms with Crippen LogP contribution in [0.5, 0.6) is 17.2 Å². The molecule has 2 aliphatic heterocycles. The molecule has 5 rings (SSSR count). The summed E-state index contributed by atoms with van der Waals surface area (Å²) in [5.41, 5.74) is 2.83. The highest BCUT2D eigenvalue weighted by molar-refractivity contribution is 7.79. The Kier molecular flexibility index (Phi) is 5.69. The van der Waals surface area contributed by atoms with Crippen LogP contribution in [-0.4, -0.2) is 54.3 Å². The summed E-state index contributed by atoms with van der Waals surface area (Å²) in [5.74, 6) is 1.77. The van der Waals surface area contributed by atoms with Gasteiger partial charge in [0.15, 0.2) is 11.5 Å². The lowest BCUT2D eigenvalue weighted by atomic mass is 9.85. The molecule has 0 spiro atoms. The SMILES string of the molecule is COc1cc2c3c(c4ccc(O)cc4c2cc1OC)C[C@@H]1CCCN1C3.O=S(=O)(O)O. The van der Waals surface area contributed by atoms with E-state index in [-0.39, 0.29) is 0 Å². The summed E-state index contributed by atoms with van der Waals surface area (Å²) in [6.07, 6.45) is 3.65. The fourth-order valence-corrected chi connectivity index (χ4v) is 4.88. The second-order valence-corrected chi connectivity index (χ2v) is 8.75. The molecule has 3 aromatic rings. The van der Waals surface area contributed by atoms with Crippen LogP contribution in [0.4, 0.5) is 0 Å². The number of benzene rings is 3. The monoisotopic (exact) mass is 447 g/mol. The Hall–Kier alpha value is -2.59. The molecule has 31 heavy (non-hydrogen) atoms. The van der Waals surface area contributed by atoms with E-state index in [1.807, 2.05) is 12.1 Å². The molecule has 3 aromatic carbocycles. The van der Waals surface area contributed by atoms with Crippen molar-refractivity contribution in [1.29, 1.82) is 0 Å². The third-order valence-corrected chi connectivity index (χ3v) is 6.13. The summed E-state index contributed by atoms with van der Waals surface area (Å²) < 4.78 is 42.7. The Morgan fingerprint density at radius 3 is 2.19 bits per heavy atom. The van der Waals surface area contributed by atoms with Crippen molar-refractivity contribution in [3.8, 4) is 17.2 Å². The van der Waals surface area contributed by atoms with Gasteiger partial charge in [-0.2, -0.15) is 8.42 Å². The van der Waals surface area contributed by atoms with Crippen LogP contribution >= 0.6 is 0 Å². The summed E-state index contributed by atoms with van der Waals surface area (Å²) in [5, 5.41) is 14.8. The van der Waals surface area contributed by atoms with Crippen LogP contribution < -0.4 is 9.47 Å². The van der Waals surface area contributed by atoms with Crippen LogP contribution in [0.25, 0.3) is 21.5 Å². The molecule has 0 radical (unpaired) electrons. The van der Waals surface area contributed by atoms with Crippen LogP contribution in [0.3, 0.4) is 0 Å². The zero-order chi connectivity index (χ0) is 22.3. The summed E-state index contributed by atoms with van der Waals surface area (Å²) in [7, 11) is -1.32. The zero-order valence-electron chi connectivity index (χ0n) is 17.3. The maximum Gasteiger partial charge on any atom is 0.394 e. The van der Waals surface area contributed by atoms with E-state index in [4.69, 9.17) is 27.0 Å². The van der Waals surface area contributed by atoms with Crippen molar-refractivity contribution in [3.05, 3.63) is 41.5 Å². The number of nitrogens with zero attached hydrogens (tertiary/aromatic N) is 1. The molecule has 1 saturated heterocycles. The van der Waals surface area contributed by atoms with Gasteiger partial charge in [-0.05, 0) is 82.7 Å². The second-order valence-electron chi connectivity index (χ2n) is 7.86. The molecule has 0 bridgehead atoms. The molecule has 1 fully saturated rings. The van der Waals surface area contributed by atoms with E-state index in [9.17, 15) is 5.11 Å². The zero-order valence-corrected chi connectivity index (χ0v) is 18.1. The van der Waals surface area contributed by atoms with Crippen molar-refractivity contribution in [2.75, 3.05) is 20.8 Å². The number of phenols is 1. The van der Waals surface area contributed by atoms with Crippen LogP contribution in [-0.2, 0) is 23.4 Å². The Labute approximate surface area is 180 Å². The van der Waals surface area contributed by atoms with Crippen LogP contribution in [0, 0.1) is 0 Å². The van der Waals surface area contributed by atoms with Crippen molar-refractivity contribution in [2.45, 2.75) is 31.8 Å². The maximum absolute atomic E-state index is 10.1. The van der Waals surface area contributed by atoms with Crippen LogP contribution in [0.1, 0.15) is 24.0 Å². The number of phenolic OH excluding ortho intramolecular Hbond substituents is 1. The first-order valence-corrected chi connectivity index (χ1v) is 11.4. The lowest BCUT2D eigenvalue weighted by Gasteiger charge is -2.33. The van der Waals surface area contributed by atoms with Gasteiger partial charge in [0.1, 0.15) is 5.75 Å². The van der Waals surface area contributed by atoms with E-state index >= 15 is 0 Å². The summed E-state index contributed by atoms with van der Waals surface area (Å²) in [6.45, 7) is 2.18. The normalized spacial score (nSPS) is 18.3. The molecular formula is C22H25NO7S. The minimum atomic E-state index is -4.67. The Morgan fingerprint density at radius 2 is 1.55 bits per heavy atom. The van der Waals surface area contributed by atoms with Crippen molar-refractivity contribution < 1.29 is 32.1 Å². The first-order chi connectivity index (χ1) is 14.7. The number of methoxy groups -OCH3 is 2. The third-order valence-electron chi connectivity index (χ3n) is 6.13. The fourth-order valence-electron chi connectivity index (χ4n) is 4.88. The number of ether oxygens (including phenoxy) is 2. The smallest absolute Gasteiger partial charge is 0.394 e. The van der Waals surface area contributed by atoms with Crippen LogP contribution in [0.2, 0.25) is 0 Å². The van der Waals surface area contributed by atoms with Crippen molar-refractivity contribution in [3.63, 3.8) is 0 Å². The third kappa shape index (κ3) is 4.27. The maximum atomic E-state index is 10.1. The molecule has 8 nitrogen and oxygen atoms in total. The fraction of sp³-hybridized carbons (Fsp3) is 0.364. The van der Waals surface area contributed by atoms with Crippen molar-refractivity contribution >= 4 is 31.9 Å². The molecule has 1 atom stereocenters. The molecule has 9 heteroatoms. The Morgan fingerprint density at radius 1 is 0.935 bits per heavy atom. The van der Waals surface area contributed by atoms with Crippen LogP contribution in [0.15, 0.2) is 30.3 Å². The Bertz CT molecular complexity index is 1250. The topological polar surface area (TPSA) is 117 Å². The van der Waals surface area contributed by atoms with Gasteiger partial charge in [-0.25, -0.2) is 0 Å². The van der Waals surface area contributed by atoms with Gasteiger partial charge in [-0.3, -0.25) is 14.0 Å². The molecular weight excluding hydrogens is 422 g/mol. The highest BCUT2D eigenvalue weighted by Gasteiger charge is 2.32. The number of aromatic hydroxyl groups is 1. The van der Waals surface area contributed by atoms with Gasteiger partial charge < -0.3 is 14.6 Å². The molecule has 2 aliphatic rings. The van der Waals surface area contributed by atoms with Crippen molar-refractivity contribution in [2.24, 2.45) is 0 Å². The van der Waals surface area contributed by atoms with E-state index in [1.54, 1.807) is 20.3 Å². The molecule has 166 valence electrons. The molecule has 0 amide bonds. The number of hydrogen-bond acceptors (Lipinski definition) is 6. The predicted molar refractivity (Wildman–Crippen MR) is 118 cm³/mol. The molecule has 3 N–H and O–H groups in total. The largest absolute Gasteiger partial charge is 0.508 e. The lowest BCUT2D eigenvalue weighted by Crippen LogP contribution is -2.35. The minimum absolute atomic E-state index is 0.298. The predicted octanol–water partition coefficient (Wildman–Crippen LogP) is 3.58. The average molecular weight is 448 g/mol. The van der Waals surface area contributed by atoms with Gasteiger partial charge in [0, 0.05) is 12.6 Å². The first kappa shape index (κ1) is 21.6. The number of hydrogen-bond donors (Lipinski definition) is 3. The van der Waals surface area contributed by atoms with Gasteiger partial charge in [0.05, 0.1) is 14.2 Å². The standard InChI is InChI=1S/C22H23NO3.H2O4S/c1-25-21-10-18-17-9-14(24)5-6-15(17)16-8-13-4-3-7-23(13)12-20(16)19(18)11-22(21)26-2;1-5(2,3)4/h5-6,9-11,13,24H,3-4,7-8,12H2,1-2H3;(H2,1,2,3,4)/t13-;/m0./s1. The molecule has 2 heterocycles. The Balaban J connectivity index is 0.000000418. The minimum Gasteiger partial charge on any atom is -0.508 e. The highest BCUT2D eigenvalue weighted by Crippen LogP contribution is 2.44. The van der Waals surface area contributed by atoms with Gasteiger partial charge >= 0.3 is 10.4 Å². The van der Waals surface area contributed by atoms with Gasteiger partial charge in [-0.15, -0.1) is 0 Å². The summed E-state index contributed by atoms with van der Waals surface area (Å²) in [4.78, 5) is 2.62. The summed E-state index contributed by atoms with van der Waals surface area (Å²) >= 11 is 0. The van der Waals surface area contributed by atoms with Gasteiger partial charge in [-0.1, -0.05) is 6.07 Å². The molecule has 0 aliphatic carbocycles. The molecule has 0 saturated carbocycles. The van der Waals surface area contributed by atoms with E-state index in [0.29, 0.717) is 11.8 Å². The molecule has 0 aromatic heterocycles. The quantitative estimate of drug-likeness (QED) is 0.403. The first-order valence-electron chi connectivity index (χ1n) is 9.95. The summed E-state index contributed by atoms with van der Waals surface area (Å²) in [6, 6.07) is 10.6. The van der Waals surface area contributed by atoms with Gasteiger partial charge in [0.2, 0.25) is 0 Å². The van der Waals surface area contributed by atoms with Gasteiger partial charge in [0.25, 0.3) is 0 Å². The number of rotatable bonds is 2. The van der Waals surface area contributed by atoms with E-state index < -0.39 is 10.4 Å². The highest BCUT2D eigenvalue weighted by atomic mass is 32.3. The average Bonchev–Trinajstić information content (AvgIpc) is 3.17. The van der Waals surface area contributed by atoms with E-state index in [2.05, 4.69) is 17.0 Å². The lowest BCUT2D eigenvalue weighted by molar-refractivity contribution is 0.229. The molecule has 0 unspecified atom stereocenters. The second kappa shape index (κ2) is 8.16. The van der Waals surface area contributed by atoms with Crippen molar-refractivity contribution in [1.82, 2.24) is 4.90 Å². The number of fused-ring (bicyclic) bond motifs is 7.